The lowest BCUT2D eigenvalue weighted by atomic mass is 10.2. The Hall–Kier alpha value is -1.22. The molecule has 0 spiro atoms. The van der Waals surface area contributed by atoms with E-state index in [1.165, 1.54) is 0 Å². The van der Waals surface area contributed by atoms with Crippen LogP contribution < -0.4 is 14.8 Å². The third-order valence-corrected chi connectivity index (χ3v) is 2.64. The van der Waals surface area contributed by atoms with Crippen LogP contribution in [0.3, 0.4) is 0 Å². The van der Waals surface area contributed by atoms with Gasteiger partial charge in [-0.1, -0.05) is 19.1 Å². The van der Waals surface area contributed by atoms with Crippen LogP contribution in [0.4, 0.5) is 0 Å². The molecule has 88 valence electrons. The van der Waals surface area contributed by atoms with Crippen LogP contribution in [0.5, 0.6) is 11.5 Å². The van der Waals surface area contributed by atoms with Gasteiger partial charge in [-0.15, -0.1) is 0 Å². The van der Waals surface area contributed by atoms with Crippen molar-refractivity contribution in [3.8, 4) is 11.5 Å². The summed E-state index contributed by atoms with van der Waals surface area (Å²) in [6.07, 6.45) is 2.31. The molecule has 0 saturated heterocycles. The second-order valence-electron chi connectivity index (χ2n) is 4.03. The summed E-state index contributed by atoms with van der Waals surface area (Å²) in [7, 11) is 0. The number of hydrogen-bond donors (Lipinski definition) is 1. The van der Waals surface area contributed by atoms with E-state index < -0.39 is 0 Å². The maximum atomic E-state index is 5.92. The number of para-hydroxylation sites is 2. The smallest absolute Gasteiger partial charge is 0.161 e. The van der Waals surface area contributed by atoms with Crippen molar-refractivity contribution < 1.29 is 9.47 Å². The third kappa shape index (κ3) is 2.89. The van der Waals surface area contributed by atoms with E-state index in [1.807, 2.05) is 24.3 Å². The van der Waals surface area contributed by atoms with E-state index in [9.17, 15) is 0 Å². The number of nitrogens with one attached hydrogen (secondary N) is 1. The third-order valence-electron chi connectivity index (χ3n) is 2.64. The van der Waals surface area contributed by atoms with E-state index in [-0.39, 0.29) is 6.10 Å². The molecule has 0 radical (unpaired) electrons. The fourth-order valence-electron chi connectivity index (χ4n) is 1.79. The van der Waals surface area contributed by atoms with E-state index in [1.54, 1.807) is 0 Å². The number of ether oxygens (including phenoxy) is 2. The molecule has 1 aliphatic heterocycles. The molecule has 1 N–H and O–H groups in total. The highest BCUT2D eigenvalue weighted by Gasteiger charge is 2.17. The monoisotopic (exact) mass is 221 g/mol. The fourth-order valence-corrected chi connectivity index (χ4v) is 1.79. The molecule has 1 unspecified atom stereocenters. The number of hydrogen-bond acceptors (Lipinski definition) is 3. The molecule has 3 nitrogen and oxygen atoms in total. The van der Waals surface area contributed by atoms with Gasteiger partial charge in [0.2, 0.25) is 0 Å². The van der Waals surface area contributed by atoms with Crippen LogP contribution in [-0.2, 0) is 0 Å². The topological polar surface area (TPSA) is 30.5 Å². The van der Waals surface area contributed by atoms with Crippen molar-refractivity contribution in [3.05, 3.63) is 24.3 Å². The predicted octanol–water partition coefficient (Wildman–Crippen LogP) is 2.22. The molecular weight excluding hydrogens is 202 g/mol. The van der Waals surface area contributed by atoms with E-state index in [2.05, 4.69) is 12.2 Å². The lowest BCUT2D eigenvalue weighted by Crippen LogP contribution is -2.32. The zero-order valence-electron chi connectivity index (χ0n) is 9.74. The van der Waals surface area contributed by atoms with E-state index in [4.69, 9.17) is 9.47 Å². The molecule has 1 atom stereocenters. The molecule has 0 fully saturated rings. The normalized spacial score (nSPS) is 19.2. The Labute approximate surface area is 96.8 Å². The van der Waals surface area contributed by atoms with Crippen molar-refractivity contribution >= 4 is 0 Å². The van der Waals surface area contributed by atoms with Gasteiger partial charge < -0.3 is 14.8 Å². The maximum Gasteiger partial charge on any atom is 0.161 e. The van der Waals surface area contributed by atoms with Gasteiger partial charge in [-0.05, 0) is 25.1 Å². The summed E-state index contributed by atoms with van der Waals surface area (Å²) in [6.45, 7) is 4.84. The van der Waals surface area contributed by atoms with Crippen LogP contribution in [0.2, 0.25) is 0 Å². The largest absolute Gasteiger partial charge is 0.490 e. The van der Waals surface area contributed by atoms with Gasteiger partial charge in [0.1, 0.15) is 6.10 Å². The molecule has 1 aromatic rings. The average molecular weight is 221 g/mol. The van der Waals surface area contributed by atoms with Gasteiger partial charge in [0.15, 0.2) is 11.5 Å². The fraction of sp³-hybridized carbons (Fsp3) is 0.538. The van der Waals surface area contributed by atoms with Crippen molar-refractivity contribution in [3.63, 3.8) is 0 Å². The molecule has 0 aromatic heterocycles. The Bertz CT molecular complexity index is 327. The number of rotatable bonds is 4. The molecule has 1 aliphatic rings. The number of fused-ring (bicyclic) bond motifs is 1. The summed E-state index contributed by atoms with van der Waals surface area (Å²) in [4.78, 5) is 0. The van der Waals surface area contributed by atoms with Crippen molar-refractivity contribution in [2.45, 2.75) is 25.9 Å². The SMILES string of the molecule is CCCNCC1CCOc2ccccc2O1. The molecule has 2 rings (SSSR count). The lowest BCUT2D eigenvalue weighted by Gasteiger charge is -2.16. The zero-order chi connectivity index (χ0) is 11.2. The van der Waals surface area contributed by atoms with Gasteiger partial charge in [-0.3, -0.25) is 0 Å². The van der Waals surface area contributed by atoms with Crippen LogP contribution in [-0.4, -0.2) is 25.8 Å². The first-order valence-electron chi connectivity index (χ1n) is 5.99. The summed E-state index contributed by atoms with van der Waals surface area (Å²) in [5, 5.41) is 3.38. The van der Waals surface area contributed by atoms with Crippen LogP contribution in [0, 0.1) is 0 Å². The molecule has 1 aromatic carbocycles. The summed E-state index contributed by atoms with van der Waals surface area (Å²) >= 11 is 0. The zero-order valence-corrected chi connectivity index (χ0v) is 9.74. The molecular formula is C13H19NO2. The highest BCUT2D eigenvalue weighted by atomic mass is 16.5. The van der Waals surface area contributed by atoms with Crippen molar-refractivity contribution in [2.75, 3.05) is 19.7 Å². The second-order valence-corrected chi connectivity index (χ2v) is 4.03. The van der Waals surface area contributed by atoms with E-state index >= 15 is 0 Å². The van der Waals surface area contributed by atoms with Gasteiger partial charge >= 0.3 is 0 Å². The minimum Gasteiger partial charge on any atom is -0.490 e. The van der Waals surface area contributed by atoms with E-state index in [0.717, 1.165) is 44.0 Å². The van der Waals surface area contributed by atoms with Gasteiger partial charge in [0.25, 0.3) is 0 Å². The lowest BCUT2D eigenvalue weighted by molar-refractivity contribution is 0.188. The minimum absolute atomic E-state index is 0.218. The molecule has 0 bridgehead atoms. The van der Waals surface area contributed by atoms with Crippen LogP contribution in [0.25, 0.3) is 0 Å². The molecule has 0 aliphatic carbocycles. The summed E-state index contributed by atoms with van der Waals surface area (Å²) in [5.41, 5.74) is 0. The second kappa shape index (κ2) is 5.75. The van der Waals surface area contributed by atoms with Crippen molar-refractivity contribution in [2.24, 2.45) is 0 Å². The maximum absolute atomic E-state index is 5.92. The highest BCUT2D eigenvalue weighted by molar-refractivity contribution is 5.40. The molecule has 16 heavy (non-hydrogen) atoms. The van der Waals surface area contributed by atoms with Crippen LogP contribution in [0.15, 0.2) is 24.3 Å². The Morgan fingerprint density at radius 2 is 2.12 bits per heavy atom. The highest BCUT2D eigenvalue weighted by Crippen LogP contribution is 2.30. The van der Waals surface area contributed by atoms with E-state index in [0.29, 0.717) is 0 Å². The molecule has 1 heterocycles. The van der Waals surface area contributed by atoms with Gasteiger partial charge in [-0.2, -0.15) is 0 Å². The van der Waals surface area contributed by atoms with Gasteiger partial charge in [-0.25, -0.2) is 0 Å². The summed E-state index contributed by atoms with van der Waals surface area (Å²) < 4.78 is 11.5. The van der Waals surface area contributed by atoms with Crippen molar-refractivity contribution in [1.29, 1.82) is 0 Å². The van der Waals surface area contributed by atoms with Gasteiger partial charge in [0, 0.05) is 13.0 Å². The van der Waals surface area contributed by atoms with Gasteiger partial charge in [0.05, 0.1) is 6.61 Å². The molecule has 0 saturated carbocycles. The first-order valence-corrected chi connectivity index (χ1v) is 5.99. The first-order chi connectivity index (χ1) is 7.90. The average Bonchev–Trinajstić information content (AvgIpc) is 2.51. The van der Waals surface area contributed by atoms with Crippen molar-refractivity contribution in [1.82, 2.24) is 5.32 Å². The predicted molar refractivity (Wildman–Crippen MR) is 64.1 cm³/mol. The Kier molecular flexibility index (Phi) is 4.05. The Morgan fingerprint density at radius 3 is 2.94 bits per heavy atom. The van der Waals surface area contributed by atoms with Crippen LogP contribution >= 0.6 is 0 Å². The Morgan fingerprint density at radius 1 is 1.31 bits per heavy atom. The summed E-state index contributed by atoms with van der Waals surface area (Å²) in [6, 6.07) is 7.87. The molecule has 3 heteroatoms. The quantitative estimate of drug-likeness (QED) is 0.791. The van der Waals surface area contributed by atoms with Crippen LogP contribution in [0.1, 0.15) is 19.8 Å². The number of benzene rings is 1. The Balaban J connectivity index is 1.94. The minimum atomic E-state index is 0.218. The first kappa shape index (κ1) is 11.3. The standard InChI is InChI=1S/C13H19NO2/c1-2-8-14-10-11-7-9-15-12-5-3-4-6-13(12)16-11/h3-6,11,14H,2,7-10H2,1H3. The summed E-state index contributed by atoms with van der Waals surface area (Å²) in [5.74, 6) is 1.73. The molecule has 0 amide bonds.